The molecule has 0 aromatic heterocycles. The van der Waals surface area contributed by atoms with Gasteiger partial charge in [-0.05, 0) is 29.8 Å². The molecule has 0 saturated heterocycles. The van der Waals surface area contributed by atoms with Crippen LogP contribution in [0.5, 0.6) is 17.2 Å². The zero-order valence-corrected chi connectivity index (χ0v) is 11.8. The predicted molar refractivity (Wildman–Crippen MR) is 77.3 cm³/mol. The number of hydrogen-bond acceptors (Lipinski definition) is 4. The van der Waals surface area contributed by atoms with Gasteiger partial charge in [0.15, 0.2) is 11.5 Å². The summed E-state index contributed by atoms with van der Waals surface area (Å²) in [6, 6.07) is 11.9. The van der Waals surface area contributed by atoms with Crippen LogP contribution in [0, 0.1) is 0 Å². The molecule has 0 saturated carbocycles. The first-order valence-corrected chi connectivity index (χ1v) is 6.31. The molecule has 0 heterocycles. The van der Waals surface area contributed by atoms with Gasteiger partial charge in [-0.15, -0.1) is 0 Å². The van der Waals surface area contributed by atoms with E-state index in [0.29, 0.717) is 17.2 Å². The first-order valence-electron chi connectivity index (χ1n) is 6.31. The molecule has 2 aromatic carbocycles. The number of ether oxygens (including phenoxy) is 3. The summed E-state index contributed by atoms with van der Waals surface area (Å²) >= 11 is 0. The fourth-order valence-corrected chi connectivity index (χ4v) is 1.86. The lowest BCUT2D eigenvalue weighted by atomic mass is 10.1. The Balaban J connectivity index is 2.14. The molecule has 110 valence electrons. The summed E-state index contributed by atoms with van der Waals surface area (Å²) in [5, 5.41) is 8.86. The quantitative estimate of drug-likeness (QED) is 0.885. The molecular formula is C16H16O5. The van der Waals surface area contributed by atoms with Crippen molar-refractivity contribution in [2.24, 2.45) is 0 Å². The first-order chi connectivity index (χ1) is 10.2. The maximum Gasteiger partial charge on any atom is 0.335 e. The van der Waals surface area contributed by atoms with Gasteiger partial charge in [-0.1, -0.05) is 18.2 Å². The molecule has 0 radical (unpaired) electrons. The van der Waals surface area contributed by atoms with Crippen LogP contribution >= 0.6 is 0 Å². The summed E-state index contributed by atoms with van der Waals surface area (Å²) in [5.41, 5.74) is 1.10. The van der Waals surface area contributed by atoms with Gasteiger partial charge < -0.3 is 19.3 Å². The lowest BCUT2D eigenvalue weighted by Crippen LogP contribution is -2.01. The van der Waals surface area contributed by atoms with Crippen molar-refractivity contribution >= 4 is 5.97 Å². The number of para-hydroxylation sites is 1. The third kappa shape index (κ3) is 3.45. The Hall–Kier alpha value is -2.69. The Morgan fingerprint density at radius 2 is 1.57 bits per heavy atom. The third-order valence-corrected chi connectivity index (χ3v) is 2.97. The van der Waals surface area contributed by atoms with Crippen LogP contribution in [0.2, 0.25) is 0 Å². The van der Waals surface area contributed by atoms with Gasteiger partial charge in [0, 0.05) is 0 Å². The van der Waals surface area contributed by atoms with Gasteiger partial charge in [0.25, 0.3) is 0 Å². The number of hydrogen-bond donors (Lipinski definition) is 1. The summed E-state index contributed by atoms with van der Waals surface area (Å²) in [6.45, 7) is 0.288. The molecule has 0 aliphatic heterocycles. The molecule has 0 atom stereocenters. The normalized spacial score (nSPS) is 10.0. The summed E-state index contributed by atoms with van der Waals surface area (Å²) in [6.07, 6.45) is 0. The molecule has 0 fully saturated rings. The van der Waals surface area contributed by atoms with Crippen molar-refractivity contribution in [1.82, 2.24) is 0 Å². The van der Waals surface area contributed by atoms with E-state index in [9.17, 15) is 4.79 Å². The lowest BCUT2D eigenvalue weighted by molar-refractivity contribution is 0.0697. The minimum absolute atomic E-state index is 0.244. The average Bonchev–Trinajstić information content (AvgIpc) is 2.52. The van der Waals surface area contributed by atoms with Gasteiger partial charge in [0.1, 0.15) is 6.61 Å². The van der Waals surface area contributed by atoms with E-state index in [2.05, 4.69) is 0 Å². The van der Waals surface area contributed by atoms with E-state index < -0.39 is 5.97 Å². The van der Waals surface area contributed by atoms with Gasteiger partial charge in [0.2, 0.25) is 5.75 Å². The second-order valence-electron chi connectivity index (χ2n) is 4.28. The van der Waals surface area contributed by atoms with Gasteiger partial charge in [-0.25, -0.2) is 4.79 Å². The zero-order chi connectivity index (χ0) is 15.2. The third-order valence-electron chi connectivity index (χ3n) is 2.97. The molecule has 0 amide bonds. The van der Waals surface area contributed by atoms with Crippen molar-refractivity contribution in [3.05, 3.63) is 53.6 Å². The zero-order valence-electron chi connectivity index (χ0n) is 11.8. The fourth-order valence-electron chi connectivity index (χ4n) is 1.86. The molecule has 5 heteroatoms. The van der Waals surface area contributed by atoms with Crippen LogP contribution in [0.25, 0.3) is 0 Å². The summed E-state index contributed by atoms with van der Waals surface area (Å²) in [5.74, 6) is 0.728. The molecular weight excluding hydrogens is 272 g/mol. The highest BCUT2D eigenvalue weighted by molar-refractivity contribution is 5.87. The molecule has 21 heavy (non-hydrogen) atoms. The molecule has 0 aliphatic carbocycles. The van der Waals surface area contributed by atoms with E-state index in [0.717, 1.165) is 5.56 Å². The van der Waals surface area contributed by atoms with Gasteiger partial charge in [-0.2, -0.15) is 0 Å². The Labute approximate surface area is 122 Å². The maximum atomic E-state index is 10.8. The lowest BCUT2D eigenvalue weighted by Gasteiger charge is -2.14. The molecule has 0 bridgehead atoms. The highest BCUT2D eigenvalue weighted by atomic mass is 16.5. The van der Waals surface area contributed by atoms with Crippen molar-refractivity contribution in [2.45, 2.75) is 6.61 Å². The number of methoxy groups -OCH3 is 2. The number of rotatable bonds is 6. The summed E-state index contributed by atoms with van der Waals surface area (Å²) < 4.78 is 16.2. The summed E-state index contributed by atoms with van der Waals surface area (Å²) in [4.78, 5) is 10.8. The highest BCUT2D eigenvalue weighted by Gasteiger charge is 2.11. The van der Waals surface area contributed by atoms with Crippen molar-refractivity contribution in [3.8, 4) is 17.2 Å². The van der Waals surface area contributed by atoms with Gasteiger partial charge >= 0.3 is 5.97 Å². The van der Waals surface area contributed by atoms with Crippen LogP contribution in [-0.2, 0) is 6.61 Å². The Morgan fingerprint density at radius 1 is 1.00 bits per heavy atom. The van der Waals surface area contributed by atoms with E-state index in [1.165, 1.54) is 0 Å². The topological polar surface area (TPSA) is 65.0 Å². The fraction of sp³-hybridized carbons (Fsp3) is 0.188. The molecule has 2 rings (SSSR count). The summed E-state index contributed by atoms with van der Waals surface area (Å²) in [7, 11) is 3.12. The molecule has 0 spiro atoms. The predicted octanol–water partition coefficient (Wildman–Crippen LogP) is 2.98. The second kappa shape index (κ2) is 6.65. The Bertz CT molecular complexity index is 597. The van der Waals surface area contributed by atoms with E-state index in [1.807, 2.05) is 6.07 Å². The first kappa shape index (κ1) is 14.7. The number of carboxylic acids is 1. The monoisotopic (exact) mass is 288 g/mol. The van der Waals surface area contributed by atoms with E-state index in [-0.39, 0.29) is 12.2 Å². The molecule has 5 nitrogen and oxygen atoms in total. The molecule has 2 aromatic rings. The van der Waals surface area contributed by atoms with Gasteiger partial charge in [-0.3, -0.25) is 0 Å². The average molecular weight is 288 g/mol. The SMILES string of the molecule is COc1cccc(OC)c1OCc1ccc(C(=O)O)cc1. The highest BCUT2D eigenvalue weighted by Crippen LogP contribution is 2.37. The van der Waals surface area contributed by atoms with Crippen molar-refractivity contribution in [3.63, 3.8) is 0 Å². The van der Waals surface area contributed by atoms with Crippen LogP contribution in [0.1, 0.15) is 15.9 Å². The molecule has 0 unspecified atom stereocenters. The largest absolute Gasteiger partial charge is 0.493 e. The minimum Gasteiger partial charge on any atom is -0.493 e. The van der Waals surface area contributed by atoms with Crippen LogP contribution in [-0.4, -0.2) is 25.3 Å². The number of carboxylic acid groups (broad SMARTS) is 1. The van der Waals surface area contributed by atoms with Crippen LogP contribution < -0.4 is 14.2 Å². The van der Waals surface area contributed by atoms with E-state index in [4.69, 9.17) is 19.3 Å². The Morgan fingerprint density at radius 3 is 2.05 bits per heavy atom. The van der Waals surface area contributed by atoms with E-state index in [1.54, 1.807) is 50.6 Å². The van der Waals surface area contributed by atoms with Crippen LogP contribution in [0.4, 0.5) is 0 Å². The minimum atomic E-state index is -0.950. The number of benzene rings is 2. The second-order valence-corrected chi connectivity index (χ2v) is 4.28. The standard InChI is InChI=1S/C16H16O5/c1-19-13-4-3-5-14(20-2)15(13)21-10-11-6-8-12(9-7-11)16(17)18/h3-9H,10H2,1-2H3,(H,17,18). The maximum absolute atomic E-state index is 10.8. The van der Waals surface area contributed by atoms with Crippen molar-refractivity contribution < 1.29 is 24.1 Å². The molecule has 0 aliphatic rings. The smallest absolute Gasteiger partial charge is 0.335 e. The van der Waals surface area contributed by atoms with E-state index >= 15 is 0 Å². The van der Waals surface area contributed by atoms with Gasteiger partial charge in [0.05, 0.1) is 19.8 Å². The Kier molecular flexibility index (Phi) is 4.66. The van der Waals surface area contributed by atoms with Crippen LogP contribution in [0.15, 0.2) is 42.5 Å². The number of aromatic carboxylic acids is 1. The number of carbonyl (C=O) groups is 1. The van der Waals surface area contributed by atoms with Crippen molar-refractivity contribution in [1.29, 1.82) is 0 Å². The van der Waals surface area contributed by atoms with Crippen molar-refractivity contribution in [2.75, 3.05) is 14.2 Å². The molecule has 1 N–H and O–H groups in total. The van der Waals surface area contributed by atoms with Crippen LogP contribution in [0.3, 0.4) is 0 Å².